The third-order valence-electron chi connectivity index (χ3n) is 2.16. The number of carboxylic acids is 1. The normalized spacial score (nSPS) is 12.5. The maximum atomic E-state index is 11.8. The Morgan fingerprint density at radius 3 is 2.59 bits per heavy atom. The molecule has 0 aliphatic carbocycles. The number of aryl methyl sites for hydroxylation is 1. The molecule has 94 valence electrons. The molecular weight excluding hydrogens is 240 g/mol. The van der Waals surface area contributed by atoms with Gasteiger partial charge in [0.15, 0.2) is 0 Å². The van der Waals surface area contributed by atoms with E-state index in [1.54, 1.807) is 6.92 Å². The Bertz CT molecular complexity index is 415. The first kappa shape index (κ1) is 13.6. The van der Waals surface area contributed by atoms with Crippen LogP contribution in [0.4, 0.5) is 0 Å². The molecule has 1 amide bonds. The summed E-state index contributed by atoms with van der Waals surface area (Å²) in [6, 6.07) is -0.843. The van der Waals surface area contributed by atoms with Crippen LogP contribution in [0.15, 0.2) is 6.20 Å². The van der Waals surface area contributed by atoms with Crippen molar-refractivity contribution in [2.75, 3.05) is 0 Å². The van der Waals surface area contributed by atoms with Crippen LogP contribution in [0.3, 0.4) is 0 Å². The zero-order chi connectivity index (χ0) is 13.0. The monoisotopic (exact) mass is 256 g/mol. The molecule has 1 heterocycles. The molecule has 0 saturated carbocycles. The van der Waals surface area contributed by atoms with Gasteiger partial charge in [0.1, 0.15) is 10.9 Å². The molecule has 6 heteroatoms. The molecule has 1 aromatic rings. The van der Waals surface area contributed by atoms with Gasteiger partial charge in [-0.05, 0) is 19.3 Å². The van der Waals surface area contributed by atoms with Gasteiger partial charge < -0.3 is 10.4 Å². The topological polar surface area (TPSA) is 79.3 Å². The van der Waals surface area contributed by atoms with Crippen molar-refractivity contribution in [3.05, 3.63) is 16.1 Å². The predicted molar refractivity (Wildman–Crippen MR) is 65.2 cm³/mol. The molecule has 1 aromatic heterocycles. The molecular formula is C11H16N2O3S. The van der Waals surface area contributed by atoms with Crippen LogP contribution in [0.1, 0.15) is 34.9 Å². The van der Waals surface area contributed by atoms with Crippen LogP contribution in [0.2, 0.25) is 0 Å². The van der Waals surface area contributed by atoms with Crippen molar-refractivity contribution in [2.24, 2.45) is 5.92 Å². The van der Waals surface area contributed by atoms with E-state index in [2.05, 4.69) is 10.3 Å². The summed E-state index contributed by atoms with van der Waals surface area (Å²) in [6.07, 6.45) is 1.88. The van der Waals surface area contributed by atoms with E-state index in [-0.39, 0.29) is 11.8 Å². The highest BCUT2D eigenvalue weighted by Crippen LogP contribution is 2.12. The quantitative estimate of drug-likeness (QED) is 0.840. The van der Waals surface area contributed by atoms with E-state index in [1.165, 1.54) is 17.5 Å². The smallest absolute Gasteiger partial charge is 0.326 e. The molecule has 0 aromatic carbocycles. The van der Waals surface area contributed by atoms with Gasteiger partial charge in [0.25, 0.3) is 5.91 Å². The predicted octanol–water partition coefficient (Wildman–Crippen LogP) is 1.68. The Balaban J connectivity index is 2.67. The summed E-state index contributed by atoms with van der Waals surface area (Å²) in [7, 11) is 0. The lowest BCUT2D eigenvalue weighted by Crippen LogP contribution is -2.41. The van der Waals surface area contributed by atoms with Crippen LogP contribution in [0.5, 0.6) is 0 Å². The lowest BCUT2D eigenvalue weighted by Gasteiger charge is -2.15. The zero-order valence-corrected chi connectivity index (χ0v) is 10.9. The van der Waals surface area contributed by atoms with Gasteiger partial charge in [-0.1, -0.05) is 13.8 Å². The second-order valence-corrected chi connectivity index (χ2v) is 5.47. The molecule has 0 radical (unpaired) electrons. The van der Waals surface area contributed by atoms with Crippen LogP contribution >= 0.6 is 11.3 Å². The number of thiazole rings is 1. The number of hydrogen-bond donors (Lipinski definition) is 2. The second kappa shape index (κ2) is 5.77. The van der Waals surface area contributed by atoms with Gasteiger partial charge >= 0.3 is 5.97 Å². The van der Waals surface area contributed by atoms with E-state index in [9.17, 15) is 9.59 Å². The molecule has 0 spiro atoms. The molecule has 0 fully saturated rings. The highest BCUT2D eigenvalue weighted by atomic mass is 32.1. The molecule has 0 unspecified atom stereocenters. The molecule has 2 N–H and O–H groups in total. The summed E-state index contributed by atoms with van der Waals surface area (Å²) in [5.74, 6) is -1.17. The number of nitrogens with zero attached hydrogens (tertiary/aromatic N) is 1. The van der Waals surface area contributed by atoms with E-state index < -0.39 is 12.0 Å². The van der Waals surface area contributed by atoms with Crippen LogP contribution in [0, 0.1) is 12.8 Å². The van der Waals surface area contributed by atoms with Crippen molar-refractivity contribution >= 4 is 23.2 Å². The Morgan fingerprint density at radius 2 is 2.18 bits per heavy atom. The number of nitrogens with one attached hydrogen (secondary N) is 1. The Hall–Kier alpha value is -1.43. The van der Waals surface area contributed by atoms with Gasteiger partial charge in [-0.2, -0.15) is 0 Å². The molecule has 0 bridgehead atoms. The standard InChI is InChI=1S/C11H16N2O3S/c1-6(2)4-8(11(15)16)13-10(14)9-5-12-7(3)17-9/h5-6,8H,4H2,1-3H3,(H,13,14)(H,15,16)/t8-/m1/s1. The van der Waals surface area contributed by atoms with E-state index in [4.69, 9.17) is 5.11 Å². The maximum absolute atomic E-state index is 11.8. The number of carboxylic acid groups (broad SMARTS) is 1. The molecule has 0 saturated heterocycles. The highest BCUT2D eigenvalue weighted by molar-refractivity contribution is 7.13. The number of amides is 1. The fourth-order valence-corrected chi connectivity index (χ4v) is 2.07. The molecule has 1 rings (SSSR count). The van der Waals surface area contributed by atoms with Crippen LogP contribution in [0.25, 0.3) is 0 Å². The van der Waals surface area contributed by atoms with Gasteiger partial charge in [-0.15, -0.1) is 11.3 Å². The number of rotatable bonds is 5. The average molecular weight is 256 g/mol. The van der Waals surface area contributed by atoms with Crippen molar-refractivity contribution in [2.45, 2.75) is 33.2 Å². The third kappa shape index (κ3) is 4.14. The Kier molecular flexibility index (Phi) is 4.62. The molecule has 5 nitrogen and oxygen atoms in total. The van der Waals surface area contributed by atoms with E-state index in [0.717, 1.165) is 5.01 Å². The number of aliphatic carboxylic acids is 1. The molecule has 0 aliphatic heterocycles. The first-order chi connectivity index (χ1) is 7.90. The van der Waals surface area contributed by atoms with Crippen molar-refractivity contribution < 1.29 is 14.7 Å². The summed E-state index contributed by atoms with van der Waals surface area (Å²) in [6.45, 7) is 5.63. The van der Waals surface area contributed by atoms with Gasteiger partial charge in [0, 0.05) is 0 Å². The largest absolute Gasteiger partial charge is 0.480 e. The van der Waals surface area contributed by atoms with Crippen molar-refractivity contribution in [3.63, 3.8) is 0 Å². The zero-order valence-electron chi connectivity index (χ0n) is 10.1. The molecule has 1 atom stereocenters. The molecule has 0 aliphatic rings. The number of hydrogen-bond acceptors (Lipinski definition) is 4. The summed E-state index contributed by atoms with van der Waals surface area (Å²) >= 11 is 1.25. The minimum atomic E-state index is -1.01. The summed E-state index contributed by atoms with van der Waals surface area (Å²) in [5, 5.41) is 12.3. The lowest BCUT2D eigenvalue weighted by molar-refractivity contribution is -0.139. The summed E-state index contributed by atoms with van der Waals surface area (Å²) in [5.41, 5.74) is 0. The van der Waals surface area contributed by atoms with Crippen molar-refractivity contribution in [1.29, 1.82) is 0 Å². The van der Waals surface area contributed by atoms with Crippen LogP contribution < -0.4 is 5.32 Å². The third-order valence-corrected chi connectivity index (χ3v) is 3.07. The second-order valence-electron chi connectivity index (χ2n) is 4.24. The summed E-state index contributed by atoms with van der Waals surface area (Å²) in [4.78, 5) is 27.1. The van der Waals surface area contributed by atoms with Crippen LogP contribution in [-0.2, 0) is 4.79 Å². The highest BCUT2D eigenvalue weighted by Gasteiger charge is 2.22. The number of carbonyl (C=O) groups is 2. The maximum Gasteiger partial charge on any atom is 0.326 e. The first-order valence-corrected chi connectivity index (χ1v) is 6.18. The average Bonchev–Trinajstić information content (AvgIpc) is 2.63. The first-order valence-electron chi connectivity index (χ1n) is 5.36. The molecule has 17 heavy (non-hydrogen) atoms. The number of carbonyl (C=O) groups excluding carboxylic acids is 1. The van der Waals surface area contributed by atoms with Gasteiger partial charge in [-0.3, -0.25) is 4.79 Å². The van der Waals surface area contributed by atoms with Gasteiger partial charge in [0.2, 0.25) is 0 Å². The Morgan fingerprint density at radius 1 is 1.53 bits per heavy atom. The Labute approximate surface area is 104 Å². The van der Waals surface area contributed by atoms with Gasteiger partial charge in [0.05, 0.1) is 11.2 Å². The summed E-state index contributed by atoms with van der Waals surface area (Å²) < 4.78 is 0. The van der Waals surface area contributed by atoms with E-state index in [1.807, 2.05) is 13.8 Å². The van der Waals surface area contributed by atoms with Crippen molar-refractivity contribution in [3.8, 4) is 0 Å². The fourth-order valence-electron chi connectivity index (χ4n) is 1.39. The SMILES string of the molecule is Cc1ncc(C(=O)N[C@H](CC(C)C)C(=O)O)s1. The minimum Gasteiger partial charge on any atom is -0.480 e. The minimum absolute atomic E-state index is 0.208. The van der Waals surface area contributed by atoms with E-state index >= 15 is 0 Å². The van der Waals surface area contributed by atoms with Crippen LogP contribution in [-0.4, -0.2) is 28.0 Å². The van der Waals surface area contributed by atoms with Crippen molar-refractivity contribution in [1.82, 2.24) is 10.3 Å². The lowest BCUT2D eigenvalue weighted by atomic mass is 10.0. The van der Waals surface area contributed by atoms with E-state index in [0.29, 0.717) is 11.3 Å². The van der Waals surface area contributed by atoms with Gasteiger partial charge in [-0.25, -0.2) is 9.78 Å². The number of aromatic nitrogens is 1. The fraction of sp³-hybridized carbons (Fsp3) is 0.545.